The average molecular weight is 354 g/mol. The molecule has 8 nitrogen and oxygen atoms in total. The van der Waals surface area contributed by atoms with Gasteiger partial charge in [0.05, 0.1) is 12.8 Å². The van der Waals surface area contributed by atoms with Crippen molar-refractivity contribution in [2.45, 2.75) is 6.61 Å². The van der Waals surface area contributed by atoms with Crippen LogP contribution in [0, 0.1) is 0 Å². The highest BCUT2D eigenvalue weighted by Crippen LogP contribution is 2.22. The van der Waals surface area contributed by atoms with Gasteiger partial charge in [-0.3, -0.25) is 19.4 Å². The fourth-order valence-electron chi connectivity index (χ4n) is 2.32. The third-order valence-electron chi connectivity index (χ3n) is 3.86. The maximum Gasteiger partial charge on any atom is 0.329 e. The molecule has 0 unspecified atom stereocenters. The Morgan fingerprint density at radius 3 is 2.81 bits per heavy atom. The Kier molecular flexibility index (Phi) is 4.85. The van der Waals surface area contributed by atoms with Gasteiger partial charge in [-0.2, -0.15) is 5.10 Å². The molecule has 3 aromatic rings. The van der Waals surface area contributed by atoms with Crippen molar-refractivity contribution < 1.29 is 9.52 Å². The molecule has 26 heavy (non-hydrogen) atoms. The number of hydrogen-bond donors (Lipinski definition) is 2. The molecular weight excluding hydrogens is 336 g/mol. The standard InChI is InChI=1S/C18H18N4O4/c1-21-17(24)9-16(20-18(21)25)22(2)19-10-14-6-7-15(26-14)13-5-3-4-12(8-13)11-23/h3-10,23H,11H2,1-2H3,(H,20,25). The summed E-state index contributed by atoms with van der Waals surface area (Å²) in [5, 5.41) is 14.8. The summed E-state index contributed by atoms with van der Waals surface area (Å²) in [6.45, 7) is -0.0393. The van der Waals surface area contributed by atoms with Crippen LogP contribution >= 0.6 is 0 Å². The van der Waals surface area contributed by atoms with E-state index < -0.39 is 11.2 Å². The lowest BCUT2D eigenvalue weighted by atomic mass is 10.1. The summed E-state index contributed by atoms with van der Waals surface area (Å²) < 4.78 is 6.70. The SMILES string of the molecule is CN(N=Cc1ccc(-c2cccc(CO)c2)o1)c1cc(=O)n(C)c(=O)[nH]1. The normalized spacial score (nSPS) is 11.2. The van der Waals surface area contributed by atoms with Crippen molar-refractivity contribution in [3.8, 4) is 11.3 Å². The summed E-state index contributed by atoms with van der Waals surface area (Å²) in [5.74, 6) is 1.43. The molecule has 0 amide bonds. The van der Waals surface area contributed by atoms with Gasteiger partial charge in [0.15, 0.2) is 0 Å². The molecule has 0 atom stereocenters. The minimum atomic E-state index is -0.515. The third-order valence-corrected chi connectivity index (χ3v) is 3.86. The molecule has 0 spiro atoms. The lowest BCUT2D eigenvalue weighted by molar-refractivity contribution is 0.282. The molecule has 1 aromatic carbocycles. The number of H-pyrrole nitrogens is 1. The predicted molar refractivity (Wildman–Crippen MR) is 98.4 cm³/mol. The molecular formula is C18H18N4O4. The van der Waals surface area contributed by atoms with E-state index in [1.165, 1.54) is 24.3 Å². The van der Waals surface area contributed by atoms with Crippen molar-refractivity contribution in [1.82, 2.24) is 9.55 Å². The van der Waals surface area contributed by atoms with E-state index >= 15 is 0 Å². The van der Waals surface area contributed by atoms with Gasteiger partial charge in [0.2, 0.25) is 0 Å². The van der Waals surface area contributed by atoms with Gasteiger partial charge < -0.3 is 9.52 Å². The van der Waals surface area contributed by atoms with Crippen molar-refractivity contribution in [3.05, 3.63) is 74.6 Å². The predicted octanol–water partition coefficient (Wildman–Crippen LogP) is 1.30. The van der Waals surface area contributed by atoms with Crippen LogP contribution in [-0.2, 0) is 13.7 Å². The van der Waals surface area contributed by atoms with Gasteiger partial charge in [-0.1, -0.05) is 18.2 Å². The molecule has 3 rings (SSSR count). The van der Waals surface area contributed by atoms with Crippen molar-refractivity contribution in [2.75, 3.05) is 12.1 Å². The molecule has 0 saturated heterocycles. The van der Waals surface area contributed by atoms with Gasteiger partial charge in [0.1, 0.15) is 17.3 Å². The van der Waals surface area contributed by atoms with E-state index in [9.17, 15) is 14.7 Å². The summed E-state index contributed by atoms with van der Waals surface area (Å²) >= 11 is 0. The Hall–Kier alpha value is -3.39. The number of rotatable bonds is 5. The first kappa shape index (κ1) is 17.4. The van der Waals surface area contributed by atoms with E-state index in [0.717, 1.165) is 15.7 Å². The first-order chi connectivity index (χ1) is 12.5. The Labute approximate surface area is 148 Å². The largest absolute Gasteiger partial charge is 0.455 e. The van der Waals surface area contributed by atoms with Crippen LogP contribution in [-0.4, -0.2) is 27.9 Å². The molecule has 0 radical (unpaired) electrons. The van der Waals surface area contributed by atoms with Gasteiger partial charge in [-0.25, -0.2) is 4.79 Å². The number of benzene rings is 1. The first-order valence-electron chi connectivity index (χ1n) is 7.86. The monoisotopic (exact) mass is 354 g/mol. The molecule has 2 heterocycles. The second kappa shape index (κ2) is 7.24. The maximum atomic E-state index is 11.7. The smallest absolute Gasteiger partial charge is 0.329 e. The lowest BCUT2D eigenvalue weighted by Gasteiger charge is -2.11. The molecule has 0 aliphatic rings. The number of aliphatic hydroxyl groups is 1. The fraction of sp³-hybridized carbons (Fsp3) is 0.167. The fourth-order valence-corrected chi connectivity index (χ4v) is 2.32. The number of hydrogen-bond acceptors (Lipinski definition) is 6. The van der Waals surface area contributed by atoms with Crippen LogP contribution in [0.2, 0.25) is 0 Å². The van der Waals surface area contributed by atoms with Gasteiger partial charge in [-0.15, -0.1) is 0 Å². The van der Waals surface area contributed by atoms with E-state index in [2.05, 4.69) is 10.1 Å². The average Bonchev–Trinajstić information content (AvgIpc) is 3.13. The van der Waals surface area contributed by atoms with Gasteiger partial charge in [0.25, 0.3) is 5.56 Å². The summed E-state index contributed by atoms with van der Waals surface area (Å²) in [6.07, 6.45) is 1.48. The number of nitrogens with zero attached hydrogens (tertiary/aromatic N) is 3. The molecule has 134 valence electrons. The van der Waals surface area contributed by atoms with Crippen LogP contribution < -0.4 is 16.3 Å². The van der Waals surface area contributed by atoms with Crippen LogP contribution in [0.4, 0.5) is 5.82 Å². The van der Waals surface area contributed by atoms with Gasteiger partial charge in [0, 0.05) is 25.7 Å². The van der Waals surface area contributed by atoms with E-state index in [-0.39, 0.29) is 12.4 Å². The van der Waals surface area contributed by atoms with Crippen LogP contribution in [0.15, 0.2) is 61.6 Å². The zero-order valence-electron chi connectivity index (χ0n) is 14.3. The molecule has 0 aliphatic heterocycles. The molecule has 0 aliphatic carbocycles. The van der Waals surface area contributed by atoms with Crippen molar-refractivity contribution in [3.63, 3.8) is 0 Å². The summed E-state index contributed by atoms with van der Waals surface area (Å²) in [7, 11) is 3.00. The Morgan fingerprint density at radius 1 is 1.27 bits per heavy atom. The Bertz CT molecular complexity index is 1030. The molecule has 2 aromatic heterocycles. The zero-order chi connectivity index (χ0) is 18.7. The highest BCUT2D eigenvalue weighted by Gasteiger charge is 2.06. The van der Waals surface area contributed by atoms with Gasteiger partial charge in [-0.05, 0) is 23.8 Å². The topological polar surface area (TPSA) is 104 Å². The number of nitrogens with one attached hydrogen (secondary N) is 1. The molecule has 0 fully saturated rings. The van der Waals surface area contributed by atoms with Crippen LogP contribution in [0.25, 0.3) is 11.3 Å². The molecule has 0 saturated carbocycles. The molecule has 2 N–H and O–H groups in total. The second-order valence-corrected chi connectivity index (χ2v) is 5.69. The number of aliphatic hydroxyl groups excluding tert-OH is 1. The Balaban J connectivity index is 1.80. The van der Waals surface area contributed by atoms with E-state index in [4.69, 9.17) is 4.42 Å². The number of hydrazone groups is 1. The van der Waals surface area contributed by atoms with Crippen molar-refractivity contribution >= 4 is 12.0 Å². The number of aromatic amines is 1. The molecule has 8 heteroatoms. The highest BCUT2D eigenvalue weighted by molar-refractivity contribution is 5.78. The molecule has 0 bridgehead atoms. The minimum Gasteiger partial charge on any atom is -0.455 e. The highest BCUT2D eigenvalue weighted by atomic mass is 16.3. The van der Waals surface area contributed by atoms with Crippen LogP contribution in [0.1, 0.15) is 11.3 Å². The van der Waals surface area contributed by atoms with Crippen LogP contribution in [0.3, 0.4) is 0 Å². The summed E-state index contributed by atoms with van der Waals surface area (Å²) in [4.78, 5) is 25.9. The van der Waals surface area contributed by atoms with Crippen molar-refractivity contribution in [2.24, 2.45) is 12.1 Å². The lowest BCUT2D eigenvalue weighted by Crippen LogP contribution is -2.33. The van der Waals surface area contributed by atoms with E-state index in [0.29, 0.717) is 11.5 Å². The maximum absolute atomic E-state index is 11.7. The van der Waals surface area contributed by atoms with Crippen LogP contribution in [0.5, 0.6) is 0 Å². The van der Waals surface area contributed by atoms with Crippen molar-refractivity contribution in [1.29, 1.82) is 0 Å². The number of anilines is 1. The summed E-state index contributed by atoms with van der Waals surface area (Å²) in [6, 6.07) is 12.2. The van der Waals surface area contributed by atoms with E-state index in [1.54, 1.807) is 19.2 Å². The third kappa shape index (κ3) is 3.65. The first-order valence-corrected chi connectivity index (χ1v) is 7.86. The Morgan fingerprint density at radius 2 is 2.08 bits per heavy atom. The minimum absolute atomic E-state index is 0.0393. The quantitative estimate of drug-likeness (QED) is 0.531. The summed E-state index contributed by atoms with van der Waals surface area (Å²) in [5.41, 5.74) is 0.706. The number of aromatic nitrogens is 2. The second-order valence-electron chi connectivity index (χ2n) is 5.69. The zero-order valence-corrected chi connectivity index (χ0v) is 14.3. The van der Waals surface area contributed by atoms with E-state index in [1.807, 2.05) is 24.3 Å². The number of furan rings is 1. The van der Waals surface area contributed by atoms with Gasteiger partial charge >= 0.3 is 5.69 Å².